The largest absolute Gasteiger partial charge is 0.378 e. The molecule has 2 rings (SSSR count). The number of hydrogen-bond donors (Lipinski definition) is 2. The summed E-state index contributed by atoms with van der Waals surface area (Å²) < 4.78 is 5.43. The van der Waals surface area contributed by atoms with Gasteiger partial charge in [-0.2, -0.15) is 0 Å². The molecule has 1 saturated heterocycles. The monoisotopic (exact) mass is 198 g/mol. The van der Waals surface area contributed by atoms with E-state index in [1.165, 1.54) is 25.7 Å². The van der Waals surface area contributed by atoms with Gasteiger partial charge in [0.2, 0.25) is 0 Å². The van der Waals surface area contributed by atoms with E-state index in [1.54, 1.807) is 0 Å². The van der Waals surface area contributed by atoms with Crippen molar-refractivity contribution >= 4 is 0 Å². The number of hydrogen-bond acceptors (Lipinski definition) is 3. The smallest absolute Gasteiger partial charge is 0.0632 e. The molecule has 2 N–H and O–H groups in total. The summed E-state index contributed by atoms with van der Waals surface area (Å²) in [5.74, 6) is 0. The van der Waals surface area contributed by atoms with Gasteiger partial charge in [-0.25, -0.2) is 0 Å². The van der Waals surface area contributed by atoms with Crippen LogP contribution in [0.15, 0.2) is 0 Å². The zero-order chi connectivity index (χ0) is 9.86. The zero-order valence-electron chi connectivity index (χ0n) is 9.14. The van der Waals surface area contributed by atoms with E-state index >= 15 is 0 Å². The third-order valence-corrected chi connectivity index (χ3v) is 3.48. The van der Waals surface area contributed by atoms with Crippen LogP contribution >= 0.6 is 0 Å². The highest BCUT2D eigenvalue weighted by Crippen LogP contribution is 2.28. The van der Waals surface area contributed by atoms with E-state index in [0.717, 1.165) is 26.3 Å². The van der Waals surface area contributed by atoms with Crippen molar-refractivity contribution in [2.75, 3.05) is 26.3 Å². The van der Waals surface area contributed by atoms with E-state index in [9.17, 15) is 0 Å². The first kappa shape index (κ1) is 10.4. The van der Waals surface area contributed by atoms with Crippen LogP contribution < -0.4 is 10.6 Å². The summed E-state index contributed by atoms with van der Waals surface area (Å²) >= 11 is 0. The fraction of sp³-hybridized carbons (Fsp3) is 1.00. The summed E-state index contributed by atoms with van der Waals surface area (Å²) in [5, 5.41) is 7.16. The van der Waals surface area contributed by atoms with E-state index in [2.05, 4.69) is 17.6 Å². The normalized spacial score (nSPS) is 31.9. The zero-order valence-corrected chi connectivity index (χ0v) is 9.14. The molecule has 2 fully saturated rings. The average molecular weight is 198 g/mol. The minimum absolute atomic E-state index is 0.402. The standard InChI is InChI=1S/C11H22N2O/c1-11(4-2-3-5-11)13-8-10-9-14-7-6-12-10/h10,12-13H,2-9H2,1H3. The van der Waals surface area contributed by atoms with Crippen LogP contribution in [0.25, 0.3) is 0 Å². The van der Waals surface area contributed by atoms with Gasteiger partial charge in [0.15, 0.2) is 0 Å². The van der Waals surface area contributed by atoms with Crippen LogP contribution in [0, 0.1) is 0 Å². The molecule has 14 heavy (non-hydrogen) atoms. The molecule has 0 radical (unpaired) electrons. The van der Waals surface area contributed by atoms with E-state index in [0.29, 0.717) is 11.6 Å². The van der Waals surface area contributed by atoms with Crippen LogP contribution in [0.2, 0.25) is 0 Å². The Bertz CT molecular complexity index is 172. The Morgan fingerprint density at radius 3 is 2.86 bits per heavy atom. The third-order valence-electron chi connectivity index (χ3n) is 3.48. The van der Waals surface area contributed by atoms with Crippen molar-refractivity contribution in [2.45, 2.75) is 44.2 Å². The Balaban J connectivity index is 1.70. The van der Waals surface area contributed by atoms with Gasteiger partial charge in [-0.3, -0.25) is 0 Å². The Hall–Kier alpha value is -0.120. The average Bonchev–Trinajstić information content (AvgIpc) is 2.65. The topological polar surface area (TPSA) is 33.3 Å². The Labute approximate surface area is 86.6 Å². The van der Waals surface area contributed by atoms with Crippen molar-refractivity contribution in [3.63, 3.8) is 0 Å². The van der Waals surface area contributed by atoms with Crippen LogP contribution in [-0.4, -0.2) is 37.9 Å². The number of rotatable bonds is 3. The van der Waals surface area contributed by atoms with Crippen molar-refractivity contribution in [3.05, 3.63) is 0 Å². The van der Waals surface area contributed by atoms with E-state index in [1.807, 2.05) is 0 Å². The fourth-order valence-electron chi connectivity index (χ4n) is 2.45. The van der Waals surface area contributed by atoms with Gasteiger partial charge in [0.25, 0.3) is 0 Å². The quantitative estimate of drug-likeness (QED) is 0.707. The Morgan fingerprint density at radius 2 is 2.21 bits per heavy atom. The van der Waals surface area contributed by atoms with Crippen LogP contribution in [0.5, 0.6) is 0 Å². The van der Waals surface area contributed by atoms with Gasteiger partial charge < -0.3 is 15.4 Å². The first-order valence-electron chi connectivity index (χ1n) is 5.85. The predicted molar refractivity (Wildman–Crippen MR) is 57.5 cm³/mol. The molecule has 0 amide bonds. The maximum atomic E-state index is 5.43. The lowest BCUT2D eigenvalue weighted by molar-refractivity contribution is 0.0740. The van der Waals surface area contributed by atoms with Crippen LogP contribution in [0.4, 0.5) is 0 Å². The molecule has 82 valence electrons. The molecule has 1 unspecified atom stereocenters. The van der Waals surface area contributed by atoms with Gasteiger partial charge >= 0.3 is 0 Å². The van der Waals surface area contributed by atoms with Gasteiger partial charge in [-0.15, -0.1) is 0 Å². The van der Waals surface area contributed by atoms with E-state index in [4.69, 9.17) is 4.74 Å². The third kappa shape index (κ3) is 2.69. The number of ether oxygens (including phenoxy) is 1. The first-order chi connectivity index (χ1) is 6.79. The molecule has 3 heteroatoms. The van der Waals surface area contributed by atoms with Gasteiger partial charge in [0, 0.05) is 24.7 Å². The van der Waals surface area contributed by atoms with Crippen molar-refractivity contribution in [1.82, 2.24) is 10.6 Å². The molecular formula is C11H22N2O. The van der Waals surface area contributed by atoms with Crippen molar-refractivity contribution in [3.8, 4) is 0 Å². The molecule has 0 spiro atoms. The molecule has 0 bridgehead atoms. The lowest BCUT2D eigenvalue weighted by atomic mass is 10.0. The maximum absolute atomic E-state index is 5.43. The summed E-state index contributed by atoms with van der Waals surface area (Å²) in [6.45, 7) is 6.14. The SMILES string of the molecule is CC1(NCC2COCCN2)CCCC1. The second kappa shape index (κ2) is 4.60. The highest BCUT2D eigenvalue weighted by molar-refractivity contribution is 4.89. The Morgan fingerprint density at radius 1 is 1.43 bits per heavy atom. The maximum Gasteiger partial charge on any atom is 0.0632 e. The second-order valence-electron chi connectivity index (χ2n) is 4.87. The highest BCUT2D eigenvalue weighted by Gasteiger charge is 2.28. The second-order valence-corrected chi connectivity index (χ2v) is 4.87. The lowest BCUT2D eigenvalue weighted by Crippen LogP contribution is -2.52. The van der Waals surface area contributed by atoms with Crippen molar-refractivity contribution in [2.24, 2.45) is 0 Å². The van der Waals surface area contributed by atoms with E-state index < -0.39 is 0 Å². The number of morpholine rings is 1. The first-order valence-corrected chi connectivity index (χ1v) is 5.85. The summed E-state index contributed by atoms with van der Waals surface area (Å²) in [5.41, 5.74) is 0.402. The molecule has 1 atom stereocenters. The Kier molecular flexibility index (Phi) is 3.42. The molecule has 1 saturated carbocycles. The lowest BCUT2D eigenvalue weighted by Gasteiger charge is -2.30. The summed E-state index contributed by atoms with van der Waals surface area (Å²) in [6, 6.07) is 0.515. The molecular weight excluding hydrogens is 176 g/mol. The van der Waals surface area contributed by atoms with Gasteiger partial charge in [-0.05, 0) is 19.8 Å². The van der Waals surface area contributed by atoms with Crippen LogP contribution in [0.3, 0.4) is 0 Å². The molecule has 1 aliphatic heterocycles. The minimum Gasteiger partial charge on any atom is -0.378 e. The van der Waals surface area contributed by atoms with Gasteiger partial charge in [0.1, 0.15) is 0 Å². The van der Waals surface area contributed by atoms with E-state index in [-0.39, 0.29) is 0 Å². The summed E-state index contributed by atoms with van der Waals surface area (Å²) in [4.78, 5) is 0. The summed E-state index contributed by atoms with van der Waals surface area (Å²) in [7, 11) is 0. The number of nitrogens with one attached hydrogen (secondary N) is 2. The van der Waals surface area contributed by atoms with Crippen molar-refractivity contribution in [1.29, 1.82) is 0 Å². The predicted octanol–water partition coefficient (Wildman–Crippen LogP) is 0.897. The molecule has 0 aromatic rings. The van der Waals surface area contributed by atoms with Gasteiger partial charge in [0.05, 0.1) is 13.2 Å². The summed E-state index contributed by atoms with van der Waals surface area (Å²) in [6.07, 6.45) is 5.44. The highest BCUT2D eigenvalue weighted by atomic mass is 16.5. The molecule has 1 aliphatic carbocycles. The molecule has 3 nitrogen and oxygen atoms in total. The van der Waals surface area contributed by atoms with Crippen molar-refractivity contribution < 1.29 is 4.74 Å². The molecule has 0 aromatic carbocycles. The van der Waals surface area contributed by atoms with Crippen LogP contribution in [-0.2, 0) is 4.74 Å². The van der Waals surface area contributed by atoms with Gasteiger partial charge in [-0.1, -0.05) is 12.8 Å². The fourth-order valence-corrected chi connectivity index (χ4v) is 2.45. The molecule has 2 aliphatic rings. The molecule has 1 heterocycles. The van der Waals surface area contributed by atoms with Crippen LogP contribution in [0.1, 0.15) is 32.6 Å². The minimum atomic E-state index is 0.402. The molecule has 0 aromatic heterocycles.